The number of hydrogen-bond donors (Lipinski definition) is 1. The first-order valence-electron chi connectivity index (χ1n) is 12.3. The largest absolute Gasteiger partial charge is 0.624 e. The molecular weight excluding hydrogens is 467 g/mol. The van der Waals surface area contributed by atoms with E-state index in [1.54, 1.807) is 6.21 Å². The Kier molecular flexibility index (Phi) is 9.19. The highest BCUT2D eigenvalue weighted by atomic mass is 28.4. The predicted octanol–water partition coefficient (Wildman–Crippen LogP) is 6.11. The first-order valence-corrected chi connectivity index (χ1v) is 21.0. The third-order valence-corrected chi connectivity index (χ3v) is 22.0. The fourth-order valence-electron chi connectivity index (χ4n) is 2.85. The van der Waals surface area contributed by atoms with Crippen LogP contribution in [0.5, 0.6) is 0 Å². The highest BCUT2D eigenvalue weighted by molar-refractivity contribution is 6.75. The molecule has 0 radical (unpaired) electrons. The van der Waals surface area contributed by atoms with Gasteiger partial charge in [-0.2, -0.15) is 0 Å². The smallest absolute Gasteiger partial charge is 0.212 e. The van der Waals surface area contributed by atoms with E-state index >= 15 is 0 Å². The van der Waals surface area contributed by atoms with Gasteiger partial charge >= 0.3 is 0 Å². The van der Waals surface area contributed by atoms with Crippen LogP contribution in [0.4, 0.5) is 0 Å². The average molecular weight is 520 g/mol. The van der Waals surface area contributed by atoms with Crippen molar-refractivity contribution in [3.63, 3.8) is 0 Å². The van der Waals surface area contributed by atoms with Gasteiger partial charge in [0.1, 0.15) is 12.2 Å². The molecule has 0 fully saturated rings. The molecule has 4 atom stereocenters. The molecule has 9 heteroatoms. The fourth-order valence-corrected chi connectivity index (χ4v) is 6.41. The third-order valence-electron chi connectivity index (χ3n) is 8.57. The first kappa shape index (κ1) is 31.0. The van der Waals surface area contributed by atoms with E-state index in [4.69, 9.17) is 13.3 Å². The Balaban J connectivity index is 3.35. The lowest BCUT2D eigenvalue weighted by molar-refractivity contribution is -0.525. The van der Waals surface area contributed by atoms with Crippen molar-refractivity contribution in [3.05, 3.63) is 5.21 Å². The van der Waals surface area contributed by atoms with Gasteiger partial charge in [-0.25, -0.2) is 4.74 Å². The molecule has 0 aliphatic carbocycles. The van der Waals surface area contributed by atoms with E-state index < -0.39 is 49.3 Å². The van der Waals surface area contributed by atoms with Crippen molar-refractivity contribution in [2.75, 3.05) is 6.61 Å². The van der Waals surface area contributed by atoms with Crippen molar-refractivity contribution in [1.29, 1.82) is 0 Å². The van der Waals surface area contributed by atoms with Crippen LogP contribution in [0.2, 0.25) is 54.4 Å². The van der Waals surface area contributed by atoms with E-state index in [1.807, 2.05) is 0 Å². The van der Waals surface area contributed by atoms with Gasteiger partial charge in [-0.15, -0.1) is 0 Å². The lowest BCUT2D eigenvalue weighted by atomic mass is 9.99. The van der Waals surface area contributed by atoms with E-state index in [9.17, 15) is 10.3 Å². The van der Waals surface area contributed by atoms with Gasteiger partial charge in [-0.1, -0.05) is 62.3 Å². The van der Waals surface area contributed by atoms with E-state index in [0.29, 0.717) is 0 Å². The van der Waals surface area contributed by atoms with Crippen molar-refractivity contribution < 1.29 is 23.1 Å². The van der Waals surface area contributed by atoms with Crippen molar-refractivity contribution in [1.82, 2.24) is 0 Å². The van der Waals surface area contributed by atoms with E-state index in [0.717, 1.165) is 4.74 Å². The molecule has 1 rings (SSSR count). The molecule has 0 bridgehead atoms. The van der Waals surface area contributed by atoms with Crippen LogP contribution in [0, 0.1) is 5.21 Å². The van der Waals surface area contributed by atoms with Crippen LogP contribution in [0.25, 0.3) is 0 Å². The van der Waals surface area contributed by atoms with Crippen molar-refractivity contribution in [2.45, 2.75) is 141 Å². The van der Waals surface area contributed by atoms with Gasteiger partial charge in [0, 0.05) is 0 Å². The van der Waals surface area contributed by atoms with Gasteiger partial charge in [0.15, 0.2) is 37.3 Å². The summed E-state index contributed by atoms with van der Waals surface area (Å²) in [5.41, 5.74) is 0. The first-order chi connectivity index (χ1) is 14.3. The Bertz CT molecular complexity index is 702. The number of hydroxylamine groups is 1. The highest BCUT2D eigenvalue weighted by Crippen LogP contribution is 2.42. The summed E-state index contributed by atoms with van der Waals surface area (Å²) in [5.74, 6) is 0. The Morgan fingerprint density at radius 3 is 1.55 bits per heavy atom. The molecule has 1 heterocycles. The summed E-state index contributed by atoms with van der Waals surface area (Å²) in [7, 11) is -6.52. The number of hydrogen-bond acceptors (Lipinski definition) is 5. The Morgan fingerprint density at radius 2 is 1.15 bits per heavy atom. The molecule has 0 amide bonds. The standard InChI is InChI=1S/C24H53NO5Si3/c1-22(2,3)31(10,11)28-17-18-20(26)21(30-33(14,15)24(7,8)9)19(16-25(18)27)29-32(12,13)23(4,5)6/h16,18-21,26H,17H2,1-15H3/t18-,19+,20-,21-/m1/s1. The quantitative estimate of drug-likeness (QED) is 0.249. The maximum atomic E-state index is 13.2. The number of rotatable bonds is 7. The van der Waals surface area contributed by atoms with E-state index in [2.05, 4.69) is 102 Å². The van der Waals surface area contributed by atoms with Crippen molar-refractivity contribution in [3.8, 4) is 0 Å². The molecule has 0 saturated heterocycles. The lowest BCUT2D eigenvalue weighted by Gasteiger charge is -2.47. The maximum absolute atomic E-state index is 13.2. The topological polar surface area (TPSA) is 74.0 Å². The van der Waals surface area contributed by atoms with Crippen LogP contribution in [-0.4, -0.2) is 72.0 Å². The second-order valence-corrected chi connectivity index (χ2v) is 28.6. The molecule has 196 valence electrons. The number of aliphatic hydroxyl groups excluding tert-OH is 1. The molecule has 1 aliphatic heterocycles. The molecule has 0 aromatic rings. The zero-order valence-corrected chi connectivity index (χ0v) is 27.1. The molecule has 1 N–H and O–H groups in total. The molecule has 0 spiro atoms. The van der Waals surface area contributed by atoms with Crippen LogP contribution >= 0.6 is 0 Å². The summed E-state index contributed by atoms with van der Waals surface area (Å²) in [4.78, 5) is 0. The Morgan fingerprint density at radius 1 is 0.758 bits per heavy atom. The lowest BCUT2D eigenvalue weighted by Crippen LogP contribution is -2.63. The van der Waals surface area contributed by atoms with Crippen LogP contribution in [-0.2, 0) is 13.3 Å². The normalized spacial score (nSPS) is 26.4. The van der Waals surface area contributed by atoms with Gasteiger partial charge in [0.25, 0.3) is 0 Å². The highest BCUT2D eigenvalue weighted by Gasteiger charge is 2.52. The molecule has 33 heavy (non-hydrogen) atoms. The molecular formula is C24H53NO5Si3. The number of nitrogens with zero attached hydrogens (tertiary/aromatic N) is 1. The molecule has 1 aliphatic rings. The summed E-state index contributed by atoms with van der Waals surface area (Å²) in [6, 6.07) is -0.715. The summed E-state index contributed by atoms with van der Waals surface area (Å²) in [6.45, 7) is 32.8. The SMILES string of the molecule is CC(C)(C)[Si](C)(C)OC[C@@H]1[C@@H](O)[C@H](O[Si](C)(C)C(C)(C)C)[C@@H](O[Si](C)(C)C(C)(C)C)C=[N+]1[O-]. The van der Waals surface area contributed by atoms with Crippen LogP contribution in [0.15, 0.2) is 0 Å². The van der Waals surface area contributed by atoms with Gasteiger partial charge in [0.05, 0.1) is 6.61 Å². The van der Waals surface area contributed by atoms with Crippen molar-refractivity contribution >= 4 is 31.2 Å². The van der Waals surface area contributed by atoms with E-state index in [-0.39, 0.29) is 21.7 Å². The fraction of sp³-hybridized carbons (Fsp3) is 0.958. The average Bonchev–Trinajstić information content (AvgIpc) is 2.54. The molecule has 0 aromatic carbocycles. The molecule has 0 aromatic heterocycles. The van der Waals surface area contributed by atoms with Crippen LogP contribution in [0.1, 0.15) is 62.3 Å². The van der Waals surface area contributed by atoms with Gasteiger partial charge in [-0.05, 0) is 54.4 Å². The minimum absolute atomic E-state index is 0.0229. The minimum Gasteiger partial charge on any atom is -0.624 e. The van der Waals surface area contributed by atoms with E-state index in [1.165, 1.54) is 0 Å². The predicted molar refractivity (Wildman–Crippen MR) is 147 cm³/mol. The molecule has 0 saturated carbocycles. The van der Waals surface area contributed by atoms with Gasteiger partial charge in [0.2, 0.25) is 6.04 Å². The Labute approximate surface area is 207 Å². The monoisotopic (exact) mass is 519 g/mol. The minimum atomic E-state index is -2.24. The van der Waals surface area contributed by atoms with Gasteiger partial charge < -0.3 is 23.6 Å². The Hall–Kier alpha value is -0.0394. The third kappa shape index (κ3) is 7.24. The van der Waals surface area contributed by atoms with Crippen LogP contribution < -0.4 is 0 Å². The van der Waals surface area contributed by atoms with Crippen LogP contribution in [0.3, 0.4) is 0 Å². The van der Waals surface area contributed by atoms with Gasteiger partial charge in [-0.3, -0.25) is 0 Å². The zero-order chi connectivity index (χ0) is 26.4. The summed E-state index contributed by atoms with van der Waals surface area (Å²) in [5, 5.41) is 24.6. The second-order valence-electron chi connectivity index (χ2n) is 14.3. The summed E-state index contributed by atoms with van der Waals surface area (Å²) < 4.78 is 20.6. The maximum Gasteiger partial charge on any atom is 0.212 e. The summed E-state index contributed by atoms with van der Waals surface area (Å²) >= 11 is 0. The molecule has 0 unspecified atom stereocenters. The summed E-state index contributed by atoms with van der Waals surface area (Å²) in [6.07, 6.45) is -0.596. The second kappa shape index (κ2) is 9.78. The van der Waals surface area contributed by atoms with Crippen molar-refractivity contribution in [2.24, 2.45) is 0 Å². The number of aliphatic hydroxyl groups is 1. The molecule has 6 nitrogen and oxygen atoms in total. The zero-order valence-electron chi connectivity index (χ0n) is 24.1.